The molecule has 1 aliphatic heterocycles. The molecule has 5 heteroatoms. The Hall–Kier alpha value is -3.86. The molecule has 1 heterocycles. The largest absolute Gasteiger partial charge is 0.368 e. The van der Waals surface area contributed by atoms with E-state index >= 15 is 0 Å². The Bertz CT molecular complexity index is 1130. The van der Waals surface area contributed by atoms with Crippen LogP contribution in [-0.4, -0.2) is 42.9 Å². The number of rotatable bonds is 6. The van der Waals surface area contributed by atoms with E-state index in [2.05, 4.69) is 24.1 Å². The highest BCUT2D eigenvalue weighted by Gasteiger charge is 2.20. The highest BCUT2D eigenvalue weighted by molar-refractivity contribution is 6.04. The van der Waals surface area contributed by atoms with Crippen molar-refractivity contribution in [2.75, 3.05) is 36.4 Å². The van der Waals surface area contributed by atoms with Crippen molar-refractivity contribution in [3.8, 4) is 0 Å². The lowest BCUT2D eigenvalue weighted by molar-refractivity contribution is -0.126. The Kier molecular flexibility index (Phi) is 7.43. The van der Waals surface area contributed by atoms with Gasteiger partial charge in [0.2, 0.25) is 5.91 Å². The molecule has 0 aromatic heterocycles. The number of piperazine rings is 1. The molecule has 5 nitrogen and oxygen atoms in total. The van der Waals surface area contributed by atoms with E-state index in [0.717, 1.165) is 30.0 Å². The quantitative estimate of drug-likeness (QED) is 0.507. The van der Waals surface area contributed by atoms with Crippen molar-refractivity contribution in [3.05, 3.63) is 102 Å². The molecule has 0 saturated carbocycles. The van der Waals surface area contributed by atoms with E-state index in [1.54, 1.807) is 6.08 Å². The predicted octanol–water partition coefficient (Wildman–Crippen LogP) is 5.42. The fraction of sp³-hybridized carbons (Fsp3) is 0.241. The number of carbonyl (C=O) groups excluding carboxylic acids is 2. The van der Waals surface area contributed by atoms with Crippen molar-refractivity contribution in [2.45, 2.75) is 19.8 Å². The van der Waals surface area contributed by atoms with E-state index in [1.165, 1.54) is 5.56 Å². The van der Waals surface area contributed by atoms with Gasteiger partial charge in [-0.25, -0.2) is 0 Å². The van der Waals surface area contributed by atoms with E-state index in [0.29, 0.717) is 24.6 Å². The number of hydrogen-bond acceptors (Lipinski definition) is 3. The van der Waals surface area contributed by atoms with Crippen molar-refractivity contribution in [2.24, 2.45) is 0 Å². The van der Waals surface area contributed by atoms with Crippen LogP contribution in [0.3, 0.4) is 0 Å². The number of nitrogens with one attached hydrogen (secondary N) is 1. The van der Waals surface area contributed by atoms with Gasteiger partial charge < -0.3 is 15.1 Å². The standard InChI is InChI=1S/C29H31N3O2/c1-22(2)24-9-11-25(12-10-24)29(34)30-26-13-15-27(16-14-26)31-18-20-32(21-19-31)28(33)17-8-23-6-4-3-5-7-23/h3-17,22H,18-21H2,1-2H3,(H,30,34)/b17-8+. The number of carbonyl (C=O) groups is 2. The molecule has 1 saturated heterocycles. The maximum absolute atomic E-state index is 12.6. The predicted molar refractivity (Wildman–Crippen MR) is 139 cm³/mol. The van der Waals surface area contributed by atoms with Crippen LogP contribution in [0.15, 0.2) is 84.9 Å². The summed E-state index contributed by atoms with van der Waals surface area (Å²) in [5.41, 5.74) is 4.74. The van der Waals surface area contributed by atoms with Crippen LogP contribution >= 0.6 is 0 Å². The zero-order valence-corrected chi connectivity index (χ0v) is 19.8. The normalized spacial score (nSPS) is 14.0. The zero-order valence-electron chi connectivity index (χ0n) is 19.8. The number of benzene rings is 3. The maximum atomic E-state index is 12.6. The summed E-state index contributed by atoms with van der Waals surface area (Å²) in [7, 11) is 0. The van der Waals surface area contributed by atoms with Crippen molar-refractivity contribution in [1.29, 1.82) is 0 Å². The molecule has 0 unspecified atom stereocenters. The van der Waals surface area contributed by atoms with Gasteiger partial charge in [0, 0.05) is 49.2 Å². The van der Waals surface area contributed by atoms with Gasteiger partial charge in [-0.2, -0.15) is 0 Å². The van der Waals surface area contributed by atoms with Crippen molar-refractivity contribution >= 4 is 29.3 Å². The van der Waals surface area contributed by atoms with Gasteiger partial charge in [0.05, 0.1) is 0 Å². The maximum Gasteiger partial charge on any atom is 0.255 e. The highest BCUT2D eigenvalue weighted by Crippen LogP contribution is 2.21. The van der Waals surface area contributed by atoms with Crippen LogP contribution in [0.25, 0.3) is 6.08 Å². The van der Waals surface area contributed by atoms with Gasteiger partial charge in [-0.15, -0.1) is 0 Å². The third-order valence-corrected chi connectivity index (χ3v) is 6.14. The van der Waals surface area contributed by atoms with Crippen molar-refractivity contribution < 1.29 is 9.59 Å². The van der Waals surface area contributed by atoms with Gasteiger partial charge in [-0.05, 0) is 59.5 Å². The Balaban J connectivity index is 1.28. The summed E-state index contributed by atoms with van der Waals surface area (Å²) in [4.78, 5) is 29.2. The fourth-order valence-electron chi connectivity index (χ4n) is 4.00. The molecule has 2 amide bonds. The van der Waals surface area contributed by atoms with E-state index in [4.69, 9.17) is 0 Å². The second-order valence-electron chi connectivity index (χ2n) is 8.83. The summed E-state index contributed by atoms with van der Waals surface area (Å²) in [6.45, 7) is 7.19. The first kappa shape index (κ1) is 23.3. The third kappa shape index (κ3) is 5.93. The molecule has 0 bridgehead atoms. The second kappa shape index (κ2) is 10.8. The van der Waals surface area contributed by atoms with Gasteiger partial charge >= 0.3 is 0 Å². The van der Waals surface area contributed by atoms with Gasteiger partial charge in [0.15, 0.2) is 0 Å². The summed E-state index contributed by atoms with van der Waals surface area (Å²) in [6.07, 6.45) is 3.51. The molecule has 34 heavy (non-hydrogen) atoms. The smallest absolute Gasteiger partial charge is 0.255 e. The molecule has 0 aliphatic carbocycles. The van der Waals surface area contributed by atoms with Crippen LogP contribution < -0.4 is 10.2 Å². The first-order chi connectivity index (χ1) is 16.5. The number of nitrogens with zero attached hydrogens (tertiary/aromatic N) is 2. The minimum atomic E-state index is -0.112. The summed E-state index contributed by atoms with van der Waals surface area (Å²) in [5.74, 6) is 0.372. The molecule has 0 spiro atoms. The van der Waals surface area contributed by atoms with Gasteiger partial charge in [-0.3, -0.25) is 9.59 Å². The van der Waals surface area contributed by atoms with Crippen LogP contribution in [-0.2, 0) is 4.79 Å². The molecule has 0 atom stereocenters. The first-order valence-electron chi connectivity index (χ1n) is 11.8. The number of hydrogen-bond donors (Lipinski definition) is 1. The van der Waals surface area contributed by atoms with Crippen molar-refractivity contribution in [3.63, 3.8) is 0 Å². The summed E-state index contributed by atoms with van der Waals surface area (Å²) >= 11 is 0. The first-order valence-corrected chi connectivity index (χ1v) is 11.8. The van der Waals surface area contributed by atoms with Gasteiger partial charge in [-0.1, -0.05) is 56.3 Å². The zero-order chi connectivity index (χ0) is 23.9. The third-order valence-electron chi connectivity index (χ3n) is 6.14. The molecule has 174 valence electrons. The average molecular weight is 454 g/mol. The van der Waals surface area contributed by atoms with Crippen LogP contribution in [0.5, 0.6) is 0 Å². The monoisotopic (exact) mass is 453 g/mol. The summed E-state index contributed by atoms with van der Waals surface area (Å²) in [5, 5.41) is 2.97. The van der Waals surface area contributed by atoms with Crippen LogP contribution in [0.1, 0.15) is 41.3 Å². The Morgan fingerprint density at radius 2 is 1.47 bits per heavy atom. The van der Waals surface area contributed by atoms with Crippen LogP contribution in [0, 0.1) is 0 Å². The molecule has 1 N–H and O–H groups in total. The van der Waals surface area contributed by atoms with E-state index < -0.39 is 0 Å². The fourth-order valence-corrected chi connectivity index (χ4v) is 4.00. The molecular formula is C29H31N3O2. The van der Waals surface area contributed by atoms with Crippen LogP contribution in [0.4, 0.5) is 11.4 Å². The van der Waals surface area contributed by atoms with Crippen LogP contribution in [0.2, 0.25) is 0 Å². The lowest BCUT2D eigenvalue weighted by Gasteiger charge is -2.35. The molecule has 3 aromatic rings. The molecule has 3 aromatic carbocycles. The molecule has 1 fully saturated rings. The minimum absolute atomic E-state index is 0.0444. The Morgan fingerprint density at radius 3 is 2.09 bits per heavy atom. The van der Waals surface area contributed by atoms with E-state index in [9.17, 15) is 9.59 Å². The molecular weight excluding hydrogens is 422 g/mol. The molecule has 0 radical (unpaired) electrons. The van der Waals surface area contributed by atoms with Gasteiger partial charge in [0.25, 0.3) is 5.91 Å². The van der Waals surface area contributed by atoms with E-state index in [-0.39, 0.29) is 11.8 Å². The topological polar surface area (TPSA) is 52.7 Å². The minimum Gasteiger partial charge on any atom is -0.368 e. The Labute approximate surface area is 201 Å². The summed E-state index contributed by atoms with van der Waals surface area (Å²) < 4.78 is 0. The van der Waals surface area contributed by atoms with Crippen molar-refractivity contribution in [1.82, 2.24) is 4.90 Å². The molecule has 1 aliphatic rings. The highest BCUT2D eigenvalue weighted by atomic mass is 16.2. The Morgan fingerprint density at radius 1 is 0.824 bits per heavy atom. The molecule has 4 rings (SSSR count). The SMILES string of the molecule is CC(C)c1ccc(C(=O)Nc2ccc(N3CCN(C(=O)/C=C/c4ccccc4)CC3)cc2)cc1. The van der Waals surface area contributed by atoms with Gasteiger partial charge in [0.1, 0.15) is 0 Å². The average Bonchev–Trinajstić information content (AvgIpc) is 2.88. The lowest BCUT2D eigenvalue weighted by Crippen LogP contribution is -2.48. The number of amides is 2. The lowest BCUT2D eigenvalue weighted by atomic mass is 10.0. The number of anilines is 2. The van der Waals surface area contributed by atoms with E-state index in [1.807, 2.05) is 89.8 Å². The second-order valence-corrected chi connectivity index (χ2v) is 8.83. The summed E-state index contributed by atoms with van der Waals surface area (Å²) in [6, 6.07) is 25.5.